The van der Waals surface area contributed by atoms with Gasteiger partial charge in [0.15, 0.2) is 8.24 Å². The van der Waals surface area contributed by atoms with Gasteiger partial charge in [-0.2, -0.15) is 0 Å². The van der Waals surface area contributed by atoms with E-state index < -0.39 is 8.24 Å². The van der Waals surface area contributed by atoms with Crippen LogP contribution in [0.5, 0.6) is 0 Å². The van der Waals surface area contributed by atoms with Crippen LogP contribution in [0.2, 0.25) is 18.6 Å². The first-order valence-corrected chi connectivity index (χ1v) is 14.2. The van der Waals surface area contributed by atoms with Crippen molar-refractivity contribution >= 4 is 37.1 Å². The van der Waals surface area contributed by atoms with Crippen molar-refractivity contribution in [1.29, 1.82) is 0 Å². The fourth-order valence-corrected chi connectivity index (χ4v) is 10.4. The van der Waals surface area contributed by atoms with Crippen LogP contribution in [0, 0.1) is 5.92 Å². The minimum absolute atomic E-state index is 0.649. The maximum absolute atomic E-state index is 3.67. The minimum atomic E-state index is -1.86. The summed E-state index contributed by atoms with van der Waals surface area (Å²) in [6.45, 7) is 5.18. The van der Waals surface area contributed by atoms with Crippen LogP contribution in [0.4, 0.5) is 22.7 Å². The second-order valence-electron chi connectivity index (χ2n) is 9.50. The maximum atomic E-state index is 3.67. The number of fused-ring (bicyclic) bond motifs is 5. The maximum Gasteiger partial charge on any atom is 0.160 e. The molecular formula is C27H28N2Si. The average molecular weight is 409 g/mol. The summed E-state index contributed by atoms with van der Waals surface area (Å²) in [6, 6.07) is 26.7. The van der Waals surface area contributed by atoms with E-state index >= 15 is 0 Å². The van der Waals surface area contributed by atoms with Crippen molar-refractivity contribution in [2.24, 2.45) is 5.92 Å². The fraction of sp³-hybridized carbons (Fsp3) is 0.259. The molecule has 0 radical (unpaired) electrons. The van der Waals surface area contributed by atoms with E-state index in [4.69, 9.17) is 0 Å². The van der Waals surface area contributed by atoms with E-state index in [1.54, 1.807) is 5.56 Å². The lowest BCUT2D eigenvalue weighted by Crippen LogP contribution is -2.52. The molecule has 1 fully saturated rings. The third-order valence-corrected chi connectivity index (χ3v) is 11.8. The van der Waals surface area contributed by atoms with Gasteiger partial charge in [-0.1, -0.05) is 73.8 Å². The third-order valence-electron chi connectivity index (χ3n) is 7.65. The molecule has 150 valence electrons. The summed E-state index contributed by atoms with van der Waals surface area (Å²) in [4.78, 5) is 0. The van der Waals surface area contributed by atoms with Crippen LogP contribution < -0.4 is 9.88 Å². The lowest BCUT2D eigenvalue weighted by molar-refractivity contribution is 0.575. The van der Waals surface area contributed by atoms with Gasteiger partial charge in [0.25, 0.3) is 0 Å². The smallest absolute Gasteiger partial charge is 0.160 e. The van der Waals surface area contributed by atoms with Crippen LogP contribution in [0.25, 0.3) is 6.08 Å². The summed E-state index contributed by atoms with van der Waals surface area (Å²) in [5.41, 5.74) is 8.88. The van der Waals surface area contributed by atoms with E-state index in [2.05, 4.69) is 108 Å². The predicted molar refractivity (Wildman–Crippen MR) is 130 cm³/mol. The summed E-state index contributed by atoms with van der Waals surface area (Å²) < 4.78 is 2.75. The van der Waals surface area contributed by atoms with Gasteiger partial charge >= 0.3 is 0 Å². The topological polar surface area (TPSA) is 15.3 Å². The number of rotatable bonds is 2. The zero-order valence-corrected chi connectivity index (χ0v) is 18.7. The van der Waals surface area contributed by atoms with Gasteiger partial charge in [0.05, 0.1) is 22.7 Å². The zero-order valence-electron chi connectivity index (χ0n) is 17.7. The number of nitrogens with one attached hydrogen (secondary N) is 1. The first kappa shape index (κ1) is 18.0. The van der Waals surface area contributed by atoms with Crippen LogP contribution in [0.1, 0.15) is 29.9 Å². The van der Waals surface area contributed by atoms with E-state index in [-0.39, 0.29) is 0 Å². The number of hydrogen-bond acceptors (Lipinski definition) is 2. The van der Waals surface area contributed by atoms with Crippen molar-refractivity contribution in [3.63, 3.8) is 0 Å². The Morgan fingerprint density at radius 2 is 1.43 bits per heavy atom. The Kier molecular flexibility index (Phi) is 3.97. The molecule has 1 heterocycles. The quantitative estimate of drug-likeness (QED) is 0.437. The number of allylic oxidation sites excluding steroid dienone is 1. The van der Waals surface area contributed by atoms with Crippen molar-refractivity contribution in [2.75, 3.05) is 9.88 Å². The summed E-state index contributed by atoms with van der Waals surface area (Å²) in [7, 11) is -1.86. The molecule has 0 amide bonds. The molecule has 0 saturated heterocycles. The number of para-hydroxylation sites is 4. The van der Waals surface area contributed by atoms with Crippen molar-refractivity contribution in [2.45, 2.75) is 37.4 Å². The van der Waals surface area contributed by atoms with Crippen molar-refractivity contribution in [3.05, 3.63) is 90.0 Å². The number of benzene rings is 3. The molecule has 2 nitrogen and oxygen atoms in total. The molecule has 3 heteroatoms. The second-order valence-corrected chi connectivity index (χ2v) is 14.0. The van der Waals surface area contributed by atoms with Gasteiger partial charge < -0.3 is 9.88 Å². The van der Waals surface area contributed by atoms with Crippen molar-refractivity contribution < 1.29 is 0 Å². The Balaban J connectivity index is 1.45. The van der Waals surface area contributed by atoms with Crippen molar-refractivity contribution in [3.8, 4) is 0 Å². The van der Waals surface area contributed by atoms with E-state index in [0.717, 1.165) is 5.54 Å². The number of anilines is 4. The van der Waals surface area contributed by atoms with Crippen molar-refractivity contribution in [1.82, 2.24) is 0 Å². The average Bonchev–Trinajstić information content (AvgIpc) is 3.23. The largest absolute Gasteiger partial charge is 0.366 e. The SMILES string of the molecule is C[Si](C)(C1CC[C@@H]2c3ccccc3C=C[C@H]12)N1c2ccccc2Nc2ccccc21. The molecule has 0 aromatic heterocycles. The molecule has 30 heavy (non-hydrogen) atoms. The first-order chi connectivity index (χ1) is 14.6. The van der Waals surface area contributed by atoms with Crippen LogP contribution in [-0.2, 0) is 0 Å². The lowest BCUT2D eigenvalue weighted by Gasteiger charge is -2.48. The van der Waals surface area contributed by atoms with Gasteiger partial charge in [0.2, 0.25) is 0 Å². The molecule has 1 N–H and O–H groups in total. The van der Waals surface area contributed by atoms with Gasteiger partial charge in [-0.3, -0.25) is 0 Å². The molecule has 0 spiro atoms. The second kappa shape index (κ2) is 6.61. The molecule has 3 atom stereocenters. The summed E-state index contributed by atoms with van der Waals surface area (Å²) in [5, 5.41) is 3.67. The monoisotopic (exact) mass is 408 g/mol. The van der Waals surface area contributed by atoms with E-state index in [1.807, 2.05) is 0 Å². The Bertz CT molecular complexity index is 1100. The Morgan fingerprint density at radius 3 is 2.17 bits per heavy atom. The predicted octanol–water partition coefficient (Wildman–Crippen LogP) is 7.68. The van der Waals surface area contributed by atoms with Gasteiger partial charge in [0.1, 0.15) is 0 Å². The Hall–Kier alpha value is -2.78. The van der Waals surface area contributed by atoms with E-state index in [0.29, 0.717) is 11.8 Å². The highest BCUT2D eigenvalue weighted by Gasteiger charge is 2.50. The van der Waals surface area contributed by atoms with E-state index in [9.17, 15) is 0 Å². The molecular weight excluding hydrogens is 380 g/mol. The van der Waals surface area contributed by atoms with Crippen LogP contribution in [0.15, 0.2) is 78.9 Å². The number of nitrogens with zero attached hydrogens (tertiary/aromatic N) is 1. The highest BCUT2D eigenvalue weighted by molar-refractivity contribution is 6.84. The minimum Gasteiger partial charge on any atom is -0.366 e. The molecule has 1 unspecified atom stereocenters. The Morgan fingerprint density at radius 1 is 0.800 bits per heavy atom. The highest BCUT2D eigenvalue weighted by Crippen LogP contribution is 2.58. The molecule has 3 aliphatic rings. The molecule has 6 rings (SSSR count). The standard InChI is InChI=1S/C27H28N2Si/c1-30(2,27-18-17-21-20-10-4-3-9-19(20)15-16-22(21)27)29-25-13-7-5-11-23(25)28-24-12-6-8-14-26(24)29/h3-16,21-22,27-28H,17-18H2,1-2H3/t21-,22+,27?/m1/s1. The van der Waals surface area contributed by atoms with Crippen LogP contribution in [0.3, 0.4) is 0 Å². The van der Waals surface area contributed by atoms with Gasteiger partial charge in [-0.15, -0.1) is 0 Å². The van der Waals surface area contributed by atoms with E-state index in [1.165, 1.54) is 41.2 Å². The molecule has 1 saturated carbocycles. The molecule has 2 aliphatic carbocycles. The third kappa shape index (κ3) is 2.55. The summed E-state index contributed by atoms with van der Waals surface area (Å²) in [5.74, 6) is 1.33. The normalized spacial score (nSPS) is 23.8. The van der Waals surface area contributed by atoms with Crippen LogP contribution >= 0.6 is 0 Å². The Labute approximate surface area is 180 Å². The van der Waals surface area contributed by atoms with Gasteiger partial charge in [-0.05, 0) is 65.6 Å². The molecule has 1 aliphatic heterocycles. The first-order valence-electron chi connectivity index (χ1n) is 11.2. The molecule has 0 bridgehead atoms. The van der Waals surface area contributed by atoms with Gasteiger partial charge in [-0.25, -0.2) is 0 Å². The summed E-state index contributed by atoms with van der Waals surface area (Å²) >= 11 is 0. The molecule has 3 aromatic rings. The zero-order chi connectivity index (χ0) is 20.3. The van der Waals surface area contributed by atoms with Crippen LogP contribution in [-0.4, -0.2) is 8.24 Å². The summed E-state index contributed by atoms with van der Waals surface area (Å²) in [6.07, 6.45) is 7.56. The highest BCUT2D eigenvalue weighted by atomic mass is 28.3. The fourth-order valence-electron chi connectivity index (χ4n) is 6.31. The van der Waals surface area contributed by atoms with Gasteiger partial charge in [0, 0.05) is 0 Å². The molecule has 3 aromatic carbocycles. The lowest BCUT2D eigenvalue weighted by atomic mass is 9.81. The number of hydrogen-bond donors (Lipinski definition) is 1.